The van der Waals surface area contributed by atoms with Gasteiger partial charge in [0.15, 0.2) is 0 Å². The van der Waals surface area contributed by atoms with Crippen molar-refractivity contribution < 1.29 is 4.79 Å². The van der Waals surface area contributed by atoms with Crippen LogP contribution in [0.15, 0.2) is 36.4 Å². The van der Waals surface area contributed by atoms with Crippen molar-refractivity contribution in [3.63, 3.8) is 0 Å². The van der Waals surface area contributed by atoms with Crippen LogP contribution in [0.5, 0.6) is 0 Å². The fourth-order valence-electron chi connectivity index (χ4n) is 1.91. The molecule has 4 heteroatoms. The first kappa shape index (κ1) is 14.1. The monoisotopic (exact) mass is 269 g/mol. The molecule has 0 bridgehead atoms. The molecular formula is C16H19N3O. The average Bonchev–Trinajstić information content (AvgIpc) is 2.41. The Kier molecular flexibility index (Phi) is 4.35. The lowest BCUT2D eigenvalue weighted by atomic mass is 10.2. The van der Waals surface area contributed by atoms with Crippen molar-refractivity contribution in [2.24, 2.45) is 0 Å². The summed E-state index contributed by atoms with van der Waals surface area (Å²) < 4.78 is 0. The van der Waals surface area contributed by atoms with E-state index in [-0.39, 0.29) is 5.91 Å². The molecule has 0 radical (unpaired) electrons. The Balaban J connectivity index is 2.18. The van der Waals surface area contributed by atoms with Gasteiger partial charge < -0.3 is 10.6 Å². The quantitative estimate of drug-likeness (QED) is 0.894. The maximum atomic E-state index is 12.2. The molecule has 2 aromatic rings. The number of nitrogens with zero attached hydrogens (tertiary/aromatic N) is 1. The number of anilines is 2. The summed E-state index contributed by atoms with van der Waals surface area (Å²) in [6.07, 6.45) is 0. The molecule has 2 N–H and O–H groups in total. The average molecular weight is 269 g/mol. The Morgan fingerprint density at radius 3 is 2.50 bits per heavy atom. The van der Waals surface area contributed by atoms with E-state index < -0.39 is 0 Å². The van der Waals surface area contributed by atoms with Crippen LogP contribution < -0.4 is 10.6 Å². The highest BCUT2D eigenvalue weighted by molar-refractivity contribution is 6.04. The zero-order valence-electron chi connectivity index (χ0n) is 12.0. The Bertz CT molecular complexity index is 606. The van der Waals surface area contributed by atoms with Gasteiger partial charge in [0.1, 0.15) is 5.82 Å². The van der Waals surface area contributed by atoms with Crippen molar-refractivity contribution >= 4 is 17.4 Å². The lowest BCUT2D eigenvalue weighted by Crippen LogP contribution is -2.13. The molecule has 4 nitrogen and oxygen atoms in total. The molecule has 1 heterocycles. The van der Waals surface area contributed by atoms with E-state index in [1.165, 1.54) is 0 Å². The number of hydrogen-bond donors (Lipinski definition) is 2. The fourth-order valence-corrected chi connectivity index (χ4v) is 1.91. The SMILES string of the molecule is CCNc1cc(C(=O)Nc2ccc(C)cc2)cc(C)n1. The zero-order valence-corrected chi connectivity index (χ0v) is 12.0. The van der Waals surface area contributed by atoms with Crippen LogP contribution in [0.25, 0.3) is 0 Å². The summed E-state index contributed by atoms with van der Waals surface area (Å²) in [6.45, 7) is 6.66. The second kappa shape index (κ2) is 6.19. The minimum Gasteiger partial charge on any atom is -0.370 e. The predicted octanol–water partition coefficient (Wildman–Crippen LogP) is 3.38. The van der Waals surface area contributed by atoms with E-state index in [9.17, 15) is 4.79 Å². The normalized spacial score (nSPS) is 10.2. The third kappa shape index (κ3) is 3.57. The molecule has 0 spiro atoms. The van der Waals surface area contributed by atoms with E-state index in [2.05, 4.69) is 15.6 Å². The maximum absolute atomic E-state index is 12.2. The number of carbonyl (C=O) groups is 1. The van der Waals surface area contributed by atoms with Gasteiger partial charge in [-0.1, -0.05) is 17.7 Å². The summed E-state index contributed by atoms with van der Waals surface area (Å²) in [5, 5.41) is 6.01. The second-order valence-corrected chi connectivity index (χ2v) is 4.73. The predicted molar refractivity (Wildman–Crippen MR) is 82.3 cm³/mol. The minimum atomic E-state index is -0.126. The van der Waals surface area contributed by atoms with Crippen LogP contribution in [0.1, 0.15) is 28.5 Å². The van der Waals surface area contributed by atoms with Gasteiger partial charge in [0.2, 0.25) is 0 Å². The van der Waals surface area contributed by atoms with Crippen LogP contribution in [-0.4, -0.2) is 17.4 Å². The molecule has 0 saturated carbocycles. The van der Waals surface area contributed by atoms with E-state index in [4.69, 9.17) is 0 Å². The number of pyridine rings is 1. The van der Waals surface area contributed by atoms with Crippen LogP contribution in [0.2, 0.25) is 0 Å². The lowest BCUT2D eigenvalue weighted by molar-refractivity contribution is 0.102. The van der Waals surface area contributed by atoms with Crippen LogP contribution in [0, 0.1) is 13.8 Å². The molecule has 0 fully saturated rings. The molecule has 0 saturated heterocycles. The first-order valence-corrected chi connectivity index (χ1v) is 6.69. The fraction of sp³-hybridized carbons (Fsp3) is 0.250. The van der Waals surface area contributed by atoms with E-state index in [1.807, 2.05) is 45.0 Å². The number of aryl methyl sites for hydroxylation is 2. The van der Waals surface area contributed by atoms with Gasteiger partial charge in [0.25, 0.3) is 5.91 Å². The number of amides is 1. The van der Waals surface area contributed by atoms with Gasteiger partial charge in [-0.3, -0.25) is 4.79 Å². The minimum absolute atomic E-state index is 0.126. The van der Waals surface area contributed by atoms with Gasteiger partial charge in [-0.05, 0) is 45.0 Å². The Morgan fingerprint density at radius 1 is 1.15 bits per heavy atom. The van der Waals surface area contributed by atoms with Crippen molar-refractivity contribution in [2.75, 3.05) is 17.2 Å². The number of aromatic nitrogens is 1. The van der Waals surface area contributed by atoms with Crippen LogP contribution >= 0.6 is 0 Å². The summed E-state index contributed by atoms with van der Waals surface area (Å²) in [5.74, 6) is 0.597. The highest BCUT2D eigenvalue weighted by Gasteiger charge is 2.08. The Labute approximate surface area is 119 Å². The van der Waals surface area contributed by atoms with Gasteiger partial charge in [-0.25, -0.2) is 4.98 Å². The molecule has 0 aliphatic rings. The van der Waals surface area contributed by atoms with Crippen molar-refractivity contribution in [1.82, 2.24) is 4.98 Å². The molecule has 0 unspecified atom stereocenters. The smallest absolute Gasteiger partial charge is 0.255 e. The lowest BCUT2D eigenvalue weighted by Gasteiger charge is -2.09. The van der Waals surface area contributed by atoms with Crippen molar-refractivity contribution in [3.05, 3.63) is 53.2 Å². The summed E-state index contributed by atoms with van der Waals surface area (Å²) in [4.78, 5) is 16.6. The van der Waals surface area contributed by atoms with Gasteiger partial charge in [-0.15, -0.1) is 0 Å². The highest BCUT2D eigenvalue weighted by Crippen LogP contribution is 2.14. The molecule has 1 amide bonds. The van der Waals surface area contributed by atoms with Gasteiger partial charge >= 0.3 is 0 Å². The van der Waals surface area contributed by atoms with Crippen molar-refractivity contribution in [3.8, 4) is 0 Å². The number of rotatable bonds is 4. The third-order valence-corrected chi connectivity index (χ3v) is 2.88. The summed E-state index contributed by atoms with van der Waals surface area (Å²) in [7, 11) is 0. The van der Waals surface area contributed by atoms with Crippen molar-refractivity contribution in [1.29, 1.82) is 0 Å². The second-order valence-electron chi connectivity index (χ2n) is 4.73. The van der Waals surface area contributed by atoms with Crippen LogP contribution in [0.3, 0.4) is 0 Å². The summed E-state index contributed by atoms with van der Waals surface area (Å²) in [5.41, 5.74) is 3.38. The van der Waals surface area contributed by atoms with Crippen LogP contribution in [-0.2, 0) is 0 Å². The van der Waals surface area contributed by atoms with E-state index in [1.54, 1.807) is 12.1 Å². The highest BCUT2D eigenvalue weighted by atomic mass is 16.1. The Hall–Kier alpha value is -2.36. The maximum Gasteiger partial charge on any atom is 0.255 e. The molecule has 1 aromatic carbocycles. The molecule has 2 rings (SSSR count). The largest absolute Gasteiger partial charge is 0.370 e. The van der Waals surface area contributed by atoms with E-state index >= 15 is 0 Å². The number of carbonyl (C=O) groups excluding carboxylic acids is 1. The third-order valence-electron chi connectivity index (χ3n) is 2.88. The first-order valence-electron chi connectivity index (χ1n) is 6.69. The van der Waals surface area contributed by atoms with E-state index in [0.29, 0.717) is 5.56 Å². The molecule has 0 atom stereocenters. The zero-order chi connectivity index (χ0) is 14.5. The van der Waals surface area contributed by atoms with Crippen molar-refractivity contribution in [2.45, 2.75) is 20.8 Å². The number of benzene rings is 1. The van der Waals surface area contributed by atoms with Crippen LogP contribution in [0.4, 0.5) is 11.5 Å². The first-order chi connectivity index (χ1) is 9.58. The number of nitrogens with one attached hydrogen (secondary N) is 2. The number of hydrogen-bond acceptors (Lipinski definition) is 3. The standard InChI is InChI=1S/C16H19N3O/c1-4-17-15-10-13(9-12(3)18-15)16(20)19-14-7-5-11(2)6-8-14/h5-10H,4H2,1-3H3,(H,17,18)(H,19,20). The molecule has 20 heavy (non-hydrogen) atoms. The van der Waals surface area contributed by atoms with Gasteiger partial charge in [0, 0.05) is 23.5 Å². The molecule has 1 aromatic heterocycles. The molecule has 0 aliphatic heterocycles. The van der Waals surface area contributed by atoms with Gasteiger partial charge in [-0.2, -0.15) is 0 Å². The molecule has 0 aliphatic carbocycles. The summed E-state index contributed by atoms with van der Waals surface area (Å²) in [6, 6.07) is 11.3. The van der Waals surface area contributed by atoms with Gasteiger partial charge in [0.05, 0.1) is 0 Å². The molecular weight excluding hydrogens is 250 g/mol. The Morgan fingerprint density at radius 2 is 1.85 bits per heavy atom. The molecule has 104 valence electrons. The van der Waals surface area contributed by atoms with E-state index in [0.717, 1.165) is 29.3 Å². The topological polar surface area (TPSA) is 54.0 Å². The summed E-state index contributed by atoms with van der Waals surface area (Å²) >= 11 is 0.